The number of aryl methyl sites for hydroxylation is 2. The van der Waals surface area contributed by atoms with Crippen LogP contribution in [0.3, 0.4) is 0 Å². The van der Waals surface area contributed by atoms with E-state index in [1.165, 1.54) is 5.56 Å². The number of rotatable bonds is 2. The standard InChI is InChI=1S/C12H14N4O2/c1-15-5-9(4-13-15)8-2-3-11-14-10(12(17)18)7-16(11)6-8/h4-5,7-8H,2-3,6H2,1H3,(H,17,18). The smallest absolute Gasteiger partial charge is 0.356 e. The Morgan fingerprint density at radius 1 is 1.50 bits per heavy atom. The van der Waals surface area contributed by atoms with Crippen LogP contribution in [0.2, 0.25) is 0 Å². The van der Waals surface area contributed by atoms with Crippen LogP contribution >= 0.6 is 0 Å². The summed E-state index contributed by atoms with van der Waals surface area (Å²) in [5, 5.41) is 13.1. The predicted molar refractivity (Wildman–Crippen MR) is 63.5 cm³/mol. The second-order valence-corrected chi connectivity index (χ2v) is 4.68. The minimum atomic E-state index is -0.963. The number of fused-ring (bicyclic) bond motifs is 1. The normalized spacial score (nSPS) is 18.6. The van der Waals surface area contributed by atoms with Gasteiger partial charge in [0.05, 0.1) is 6.20 Å². The van der Waals surface area contributed by atoms with E-state index in [-0.39, 0.29) is 5.69 Å². The molecular formula is C12H14N4O2. The molecule has 0 spiro atoms. The van der Waals surface area contributed by atoms with Crippen LogP contribution in [0.15, 0.2) is 18.6 Å². The monoisotopic (exact) mass is 246 g/mol. The summed E-state index contributed by atoms with van der Waals surface area (Å²) in [6.07, 6.45) is 7.32. The Hall–Kier alpha value is -2.11. The fourth-order valence-corrected chi connectivity index (χ4v) is 2.47. The first-order chi connectivity index (χ1) is 8.63. The SMILES string of the molecule is Cn1cc(C2CCc3nc(C(=O)O)cn3C2)cn1. The van der Waals surface area contributed by atoms with Crippen LogP contribution < -0.4 is 0 Å². The number of aromatic carboxylic acids is 1. The van der Waals surface area contributed by atoms with Gasteiger partial charge >= 0.3 is 5.97 Å². The van der Waals surface area contributed by atoms with Gasteiger partial charge in [-0.15, -0.1) is 0 Å². The zero-order valence-electron chi connectivity index (χ0n) is 10.1. The zero-order chi connectivity index (χ0) is 12.7. The maximum Gasteiger partial charge on any atom is 0.356 e. The molecule has 0 saturated heterocycles. The van der Waals surface area contributed by atoms with E-state index < -0.39 is 5.97 Å². The number of imidazole rings is 1. The van der Waals surface area contributed by atoms with Crippen LogP contribution in [0.25, 0.3) is 0 Å². The Morgan fingerprint density at radius 2 is 2.33 bits per heavy atom. The molecule has 6 heteroatoms. The van der Waals surface area contributed by atoms with E-state index in [1.54, 1.807) is 10.9 Å². The second kappa shape index (κ2) is 3.97. The third-order valence-corrected chi connectivity index (χ3v) is 3.41. The highest BCUT2D eigenvalue weighted by atomic mass is 16.4. The summed E-state index contributed by atoms with van der Waals surface area (Å²) in [5.41, 5.74) is 1.34. The lowest BCUT2D eigenvalue weighted by atomic mass is 9.94. The molecule has 3 heterocycles. The molecule has 18 heavy (non-hydrogen) atoms. The van der Waals surface area contributed by atoms with E-state index in [9.17, 15) is 4.79 Å². The van der Waals surface area contributed by atoms with E-state index >= 15 is 0 Å². The Balaban J connectivity index is 1.86. The number of carbonyl (C=O) groups is 1. The van der Waals surface area contributed by atoms with Gasteiger partial charge in [-0.05, 0) is 12.0 Å². The van der Waals surface area contributed by atoms with Crippen molar-refractivity contribution in [3.05, 3.63) is 35.7 Å². The maximum atomic E-state index is 10.9. The fraction of sp³-hybridized carbons (Fsp3) is 0.417. The largest absolute Gasteiger partial charge is 0.476 e. The number of hydrogen-bond donors (Lipinski definition) is 1. The average molecular weight is 246 g/mol. The van der Waals surface area contributed by atoms with E-state index in [4.69, 9.17) is 5.11 Å². The Kier molecular flexibility index (Phi) is 2.43. The molecule has 3 rings (SSSR count). The predicted octanol–water partition coefficient (Wildman–Crippen LogP) is 1.04. The molecule has 2 aromatic rings. The minimum Gasteiger partial charge on any atom is -0.476 e. The van der Waals surface area contributed by atoms with Crippen molar-refractivity contribution >= 4 is 5.97 Å². The molecule has 0 bridgehead atoms. The molecule has 0 amide bonds. The summed E-state index contributed by atoms with van der Waals surface area (Å²) < 4.78 is 3.74. The molecule has 0 aromatic carbocycles. The molecule has 1 unspecified atom stereocenters. The van der Waals surface area contributed by atoms with Gasteiger partial charge in [0.1, 0.15) is 5.82 Å². The summed E-state index contributed by atoms with van der Waals surface area (Å²) >= 11 is 0. The summed E-state index contributed by atoms with van der Waals surface area (Å²) in [7, 11) is 1.90. The van der Waals surface area contributed by atoms with Crippen molar-refractivity contribution in [2.45, 2.75) is 25.3 Å². The number of carboxylic acid groups (broad SMARTS) is 1. The van der Waals surface area contributed by atoms with Crippen molar-refractivity contribution in [3.8, 4) is 0 Å². The highest BCUT2D eigenvalue weighted by Crippen LogP contribution is 2.28. The topological polar surface area (TPSA) is 72.9 Å². The van der Waals surface area contributed by atoms with Gasteiger partial charge < -0.3 is 9.67 Å². The molecule has 0 saturated carbocycles. The summed E-state index contributed by atoms with van der Waals surface area (Å²) in [4.78, 5) is 15.0. The van der Waals surface area contributed by atoms with Gasteiger partial charge in [-0.25, -0.2) is 9.78 Å². The summed E-state index contributed by atoms with van der Waals surface area (Å²) in [6, 6.07) is 0. The molecule has 0 radical (unpaired) electrons. The van der Waals surface area contributed by atoms with Crippen LogP contribution in [0.1, 0.15) is 34.2 Å². The molecule has 0 fully saturated rings. The first-order valence-corrected chi connectivity index (χ1v) is 5.91. The lowest BCUT2D eigenvalue weighted by Crippen LogP contribution is -2.18. The van der Waals surface area contributed by atoms with E-state index in [2.05, 4.69) is 10.1 Å². The van der Waals surface area contributed by atoms with E-state index in [1.807, 2.05) is 24.0 Å². The number of aromatic nitrogens is 4. The van der Waals surface area contributed by atoms with Crippen molar-refractivity contribution in [2.75, 3.05) is 0 Å². The van der Waals surface area contributed by atoms with Crippen LogP contribution in [0, 0.1) is 0 Å². The van der Waals surface area contributed by atoms with Gasteiger partial charge in [0, 0.05) is 38.3 Å². The number of nitrogens with zero attached hydrogens (tertiary/aromatic N) is 4. The van der Waals surface area contributed by atoms with Crippen LogP contribution in [-0.4, -0.2) is 30.4 Å². The Labute approximate surface area is 104 Å². The van der Waals surface area contributed by atoms with Crippen molar-refractivity contribution < 1.29 is 9.90 Å². The molecule has 1 aliphatic heterocycles. The van der Waals surface area contributed by atoms with Crippen molar-refractivity contribution in [2.24, 2.45) is 7.05 Å². The van der Waals surface area contributed by atoms with Crippen molar-refractivity contribution in [1.29, 1.82) is 0 Å². The van der Waals surface area contributed by atoms with Gasteiger partial charge in [0.2, 0.25) is 0 Å². The average Bonchev–Trinajstić information content (AvgIpc) is 2.93. The highest BCUT2D eigenvalue weighted by molar-refractivity contribution is 5.85. The van der Waals surface area contributed by atoms with Crippen LogP contribution in [-0.2, 0) is 20.0 Å². The Bertz CT molecular complexity index is 599. The first-order valence-electron chi connectivity index (χ1n) is 5.91. The maximum absolute atomic E-state index is 10.9. The third-order valence-electron chi connectivity index (χ3n) is 3.41. The number of carboxylic acids is 1. The van der Waals surface area contributed by atoms with E-state index in [0.29, 0.717) is 5.92 Å². The molecule has 94 valence electrons. The molecule has 0 aliphatic carbocycles. The fourth-order valence-electron chi connectivity index (χ4n) is 2.47. The summed E-state index contributed by atoms with van der Waals surface area (Å²) in [5.74, 6) is 0.296. The van der Waals surface area contributed by atoms with Gasteiger partial charge in [0.25, 0.3) is 0 Å². The second-order valence-electron chi connectivity index (χ2n) is 4.68. The van der Waals surface area contributed by atoms with Crippen molar-refractivity contribution in [1.82, 2.24) is 19.3 Å². The molecule has 6 nitrogen and oxygen atoms in total. The minimum absolute atomic E-state index is 0.136. The molecular weight excluding hydrogens is 232 g/mol. The molecule has 2 aromatic heterocycles. The van der Waals surface area contributed by atoms with E-state index in [0.717, 1.165) is 25.2 Å². The third kappa shape index (κ3) is 1.79. The Morgan fingerprint density at radius 3 is 3.00 bits per heavy atom. The quantitative estimate of drug-likeness (QED) is 0.859. The van der Waals surface area contributed by atoms with Crippen LogP contribution in [0.4, 0.5) is 0 Å². The molecule has 1 aliphatic rings. The lowest BCUT2D eigenvalue weighted by molar-refractivity contribution is 0.0691. The van der Waals surface area contributed by atoms with Gasteiger partial charge in [-0.2, -0.15) is 5.10 Å². The molecule has 1 atom stereocenters. The lowest BCUT2D eigenvalue weighted by Gasteiger charge is -2.22. The zero-order valence-corrected chi connectivity index (χ0v) is 10.1. The molecule has 1 N–H and O–H groups in total. The van der Waals surface area contributed by atoms with Gasteiger partial charge in [0.15, 0.2) is 5.69 Å². The summed E-state index contributed by atoms with van der Waals surface area (Å²) in [6.45, 7) is 0.779. The van der Waals surface area contributed by atoms with Crippen LogP contribution in [0.5, 0.6) is 0 Å². The van der Waals surface area contributed by atoms with Crippen molar-refractivity contribution in [3.63, 3.8) is 0 Å². The highest BCUT2D eigenvalue weighted by Gasteiger charge is 2.23. The van der Waals surface area contributed by atoms with Gasteiger partial charge in [-0.3, -0.25) is 4.68 Å². The van der Waals surface area contributed by atoms with Gasteiger partial charge in [-0.1, -0.05) is 0 Å². The first kappa shape index (κ1) is 11.0. The number of hydrogen-bond acceptors (Lipinski definition) is 3.